The molecule has 1 fully saturated rings. The molecule has 1 atom stereocenters. The van der Waals surface area contributed by atoms with Crippen LogP contribution in [0, 0.1) is 11.3 Å². The summed E-state index contributed by atoms with van der Waals surface area (Å²) in [5.74, 6) is 6.26. The van der Waals surface area contributed by atoms with Crippen LogP contribution in [0.15, 0.2) is 30.1 Å². The molecule has 0 aliphatic heterocycles. The number of nitriles is 1. The van der Waals surface area contributed by atoms with Crippen LogP contribution in [0.5, 0.6) is 0 Å². The summed E-state index contributed by atoms with van der Waals surface area (Å²) in [5, 5.41) is 21.6. The summed E-state index contributed by atoms with van der Waals surface area (Å²) in [4.78, 5) is 0.723. The second-order valence-corrected chi connectivity index (χ2v) is 8.79. The van der Waals surface area contributed by atoms with E-state index in [0.717, 1.165) is 50.1 Å². The van der Waals surface area contributed by atoms with E-state index in [1.807, 2.05) is 18.2 Å². The summed E-state index contributed by atoms with van der Waals surface area (Å²) >= 11 is 1.43. The first-order valence-electron chi connectivity index (χ1n) is 9.84. The molecule has 3 rings (SSSR count). The van der Waals surface area contributed by atoms with E-state index in [1.165, 1.54) is 31.1 Å². The van der Waals surface area contributed by atoms with Crippen molar-refractivity contribution in [3.8, 4) is 6.07 Å². The van der Waals surface area contributed by atoms with Crippen molar-refractivity contribution >= 4 is 21.4 Å². The highest BCUT2D eigenvalue weighted by Gasteiger charge is 2.54. The molecular formula is C21H25F3N4OS. The molecule has 1 saturated carbocycles. The number of halogens is 3. The molecule has 0 amide bonds. The van der Waals surface area contributed by atoms with Crippen molar-refractivity contribution in [1.82, 2.24) is 5.01 Å². The Hall–Kier alpha value is -2.28. The Labute approximate surface area is 177 Å². The molecule has 30 heavy (non-hydrogen) atoms. The smallest absolute Gasteiger partial charge is 0.398 e. The molecule has 5 N–H and O–H groups in total. The molecule has 1 aromatic heterocycles. The van der Waals surface area contributed by atoms with Crippen molar-refractivity contribution < 1.29 is 18.3 Å². The van der Waals surface area contributed by atoms with Gasteiger partial charge in [0, 0.05) is 10.9 Å². The van der Waals surface area contributed by atoms with Crippen LogP contribution in [0.2, 0.25) is 0 Å². The fourth-order valence-electron chi connectivity index (χ4n) is 4.07. The van der Waals surface area contributed by atoms with Gasteiger partial charge in [-0.15, -0.1) is 11.3 Å². The van der Waals surface area contributed by atoms with E-state index >= 15 is 0 Å². The normalized spacial score (nSPS) is 17.8. The minimum Gasteiger partial charge on any atom is -0.398 e. The van der Waals surface area contributed by atoms with Gasteiger partial charge in [-0.3, -0.25) is 0 Å². The van der Waals surface area contributed by atoms with E-state index in [4.69, 9.17) is 11.6 Å². The maximum absolute atomic E-state index is 13.2. The summed E-state index contributed by atoms with van der Waals surface area (Å²) in [6.45, 7) is 1.31. The number of thiophene rings is 1. The summed E-state index contributed by atoms with van der Waals surface area (Å²) in [5.41, 5.74) is 3.55. The molecule has 5 nitrogen and oxygen atoms in total. The number of rotatable bonds is 6. The fraction of sp³-hybridized carbons (Fsp3) is 0.476. The van der Waals surface area contributed by atoms with Crippen molar-refractivity contribution in [3.63, 3.8) is 0 Å². The van der Waals surface area contributed by atoms with Gasteiger partial charge in [0.15, 0.2) is 0 Å². The monoisotopic (exact) mass is 438 g/mol. The van der Waals surface area contributed by atoms with Gasteiger partial charge in [-0.2, -0.15) is 18.4 Å². The van der Waals surface area contributed by atoms with E-state index in [0.29, 0.717) is 5.92 Å². The third-order valence-corrected chi connectivity index (χ3v) is 6.86. The molecule has 0 spiro atoms. The summed E-state index contributed by atoms with van der Waals surface area (Å²) in [6.07, 6.45) is -0.0882. The molecule has 0 radical (unpaired) electrons. The highest BCUT2D eigenvalue weighted by molar-refractivity contribution is 7.19. The van der Waals surface area contributed by atoms with Gasteiger partial charge in [-0.25, -0.2) is 5.84 Å². The molecule has 0 saturated heterocycles. The van der Waals surface area contributed by atoms with Crippen LogP contribution < -0.4 is 11.6 Å². The Kier molecular flexibility index (Phi) is 6.32. The largest absolute Gasteiger partial charge is 0.422 e. The second-order valence-electron chi connectivity index (χ2n) is 7.74. The number of hydrazine groups is 1. The molecule has 162 valence electrons. The molecule has 9 heteroatoms. The molecule has 1 aliphatic carbocycles. The zero-order valence-electron chi connectivity index (χ0n) is 16.7. The highest BCUT2D eigenvalue weighted by Crippen LogP contribution is 2.43. The number of nitrogens with zero attached hydrogens (tertiary/aromatic N) is 2. The third kappa shape index (κ3) is 4.13. The van der Waals surface area contributed by atoms with Crippen LogP contribution in [0.4, 0.5) is 13.2 Å². The Balaban J connectivity index is 1.85. The number of alkyl halides is 3. The van der Waals surface area contributed by atoms with E-state index in [-0.39, 0.29) is 6.54 Å². The highest BCUT2D eigenvalue weighted by atomic mass is 32.1. The predicted molar refractivity (Wildman–Crippen MR) is 111 cm³/mol. The van der Waals surface area contributed by atoms with Gasteiger partial charge >= 0.3 is 6.18 Å². The number of hydrogen-bond donors (Lipinski definition) is 3. The van der Waals surface area contributed by atoms with Crippen LogP contribution in [-0.4, -0.2) is 21.9 Å². The molecule has 1 aliphatic rings. The molecule has 0 bridgehead atoms. The minimum atomic E-state index is -4.90. The summed E-state index contributed by atoms with van der Waals surface area (Å²) in [6, 6.07) is 8.02. The SMILES string of the molecule is CCC(O)(/C(N)=C/N(N)Cc1ccc2c(C3CCCC3)c(C#N)sc2c1)C(F)(F)F. The zero-order valence-corrected chi connectivity index (χ0v) is 17.5. The molecule has 1 unspecified atom stereocenters. The topological polar surface area (TPSA) is 99.3 Å². The average molecular weight is 439 g/mol. The Morgan fingerprint density at radius 1 is 1.37 bits per heavy atom. The van der Waals surface area contributed by atoms with Gasteiger partial charge in [0.2, 0.25) is 5.60 Å². The number of fused-ring (bicyclic) bond motifs is 1. The van der Waals surface area contributed by atoms with E-state index < -0.39 is 23.9 Å². The van der Waals surface area contributed by atoms with Gasteiger partial charge in [-0.05, 0) is 47.8 Å². The van der Waals surface area contributed by atoms with Crippen LogP contribution in [0.25, 0.3) is 10.1 Å². The first-order chi connectivity index (χ1) is 14.1. The molecule has 2 aromatic rings. The van der Waals surface area contributed by atoms with Gasteiger partial charge in [0.25, 0.3) is 0 Å². The Bertz CT molecular complexity index is 989. The number of hydrogen-bond acceptors (Lipinski definition) is 6. The molecular weight excluding hydrogens is 413 g/mol. The van der Waals surface area contributed by atoms with Crippen molar-refractivity contribution in [1.29, 1.82) is 5.26 Å². The minimum absolute atomic E-state index is 0.104. The fourth-order valence-corrected chi connectivity index (χ4v) is 5.22. The second kappa shape index (κ2) is 8.46. The van der Waals surface area contributed by atoms with Crippen molar-refractivity contribution in [3.05, 3.63) is 46.1 Å². The van der Waals surface area contributed by atoms with Crippen LogP contribution in [0.1, 0.15) is 60.9 Å². The van der Waals surface area contributed by atoms with E-state index in [1.54, 1.807) is 0 Å². The van der Waals surface area contributed by atoms with Gasteiger partial charge in [0.1, 0.15) is 10.9 Å². The summed E-state index contributed by atoms with van der Waals surface area (Å²) < 4.78 is 40.4. The first kappa shape index (κ1) is 22.4. The van der Waals surface area contributed by atoms with Crippen LogP contribution in [-0.2, 0) is 6.54 Å². The lowest BCUT2D eigenvalue weighted by atomic mass is 9.94. The Morgan fingerprint density at radius 2 is 2.03 bits per heavy atom. The molecule has 1 aromatic carbocycles. The molecule has 1 heterocycles. The van der Waals surface area contributed by atoms with Crippen molar-refractivity contribution in [2.24, 2.45) is 11.6 Å². The van der Waals surface area contributed by atoms with Crippen LogP contribution >= 0.6 is 11.3 Å². The third-order valence-electron chi connectivity index (χ3n) is 5.79. The number of nitrogens with two attached hydrogens (primary N) is 2. The quantitative estimate of drug-likeness (QED) is 0.452. The van der Waals surface area contributed by atoms with E-state index in [9.17, 15) is 23.5 Å². The number of benzene rings is 1. The number of aliphatic hydroxyl groups is 1. The van der Waals surface area contributed by atoms with E-state index in [2.05, 4.69) is 6.07 Å². The first-order valence-corrected chi connectivity index (χ1v) is 10.7. The lowest BCUT2D eigenvalue weighted by molar-refractivity contribution is -0.245. The predicted octanol–water partition coefficient (Wildman–Crippen LogP) is 4.61. The van der Waals surface area contributed by atoms with Gasteiger partial charge in [0.05, 0.1) is 12.2 Å². The Morgan fingerprint density at radius 3 is 2.60 bits per heavy atom. The average Bonchev–Trinajstić information content (AvgIpc) is 3.32. The lowest BCUT2D eigenvalue weighted by Gasteiger charge is -2.30. The zero-order chi connectivity index (χ0) is 22.1. The van der Waals surface area contributed by atoms with Crippen molar-refractivity contribution in [2.75, 3.05) is 0 Å². The van der Waals surface area contributed by atoms with Gasteiger partial charge in [-0.1, -0.05) is 31.9 Å². The maximum Gasteiger partial charge on any atom is 0.422 e. The standard InChI is InChI=1S/C21H25F3N4OS/c1-2-20(29,21(22,23)24)18(26)12-28(27)11-13-7-8-15-16(9-13)30-17(10-25)19(15)14-5-3-4-6-14/h7-9,12,14,29H,2-6,11,26-27H2,1H3/b18-12-. The summed E-state index contributed by atoms with van der Waals surface area (Å²) in [7, 11) is 0. The van der Waals surface area contributed by atoms with Gasteiger partial charge < -0.3 is 15.8 Å². The van der Waals surface area contributed by atoms with Crippen LogP contribution in [0.3, 0.4) is 0 Å². The van der Waals surface area contributed by atoms with Crippen molar-refractivity contribution in [2.45, 2.75) is 63.3 Å². The lowest BCUT2D eigenvalue weighted by Crippen LogP contribution is -2.49. The maximum atomic E-state index is 13.2.